The molecule has 1 aromatic rings. The highest BCUT2D eigenvalue weighted by atomic mass is 79.9. The van der Waals surface area contributed by atoms with Crippen molar-refractivity contribution in [2.45, 2.75) is 22.4 Å². The van der Waals surface area contributed by atoms with Crippen molar-refractivity contribution in [3.8, 4) is 0 Å². The second-order valence-corrected chi connectivity index (χ2v) is 7.65. The number of hydrogen-bond donors (Lipinski definition) is 1. The van der Waals surface area contributed by atoms with E-state index in [9.17, 15) is 14.9 Å². The molecule has 0 spiro atoms. The van der Waals surface area contributed by atoms with Crippen molar-refractivity contribution in [2.24, 2.45) is 0 Å². The first-order valence-electron chi connectivity index (χ1n) is 5.75. The van der Waals surface area contributed by atoms with Crippen LogP contribution >= 0.6 is 39.3 Å². The first kappa shape index (κ1) is 17.3. The van der Waals surface area contributed by atoms with Crippen LogP contribution in [0.2, 0.25) is 0 Å². The molecule has 1 rings (SSSR count). The van der Waals surface area contributed by atoms with E-state index in [0.717, 1.165) is 11.3 Å². The van der Waals surface area contributed by atoms with Crippen molar-refractivity contribution in [3.05, 3.63) is 39.9 Å². The highest BCUT2D eigenvalue weighted by Gasteiger charge is 2.31. The third-order valence-electron chi connectivity index (χ3n) is 2.48. The molecular formula is C12H13BrClNO4S. The third kappa shape index (κ3) is 5.68. The van der Waals surface area contributed by atoms with Gasteiger partial charge in [0.25, 0.3) is 5.69 Å². The van der Waals surface area contributed by atoms with Crippen molar-refractivity contribution < 1.29 is 14.8 Å². The van der Waals surface area contributed by atoms with Gasteiger partial charge in [-0.05, 0) is 24.2 Å². The molecule has 0 aliphatic rings. The van der Waals surface area contributed by atoms with Gasteiger partial charge in [0, 0.05) is 17.9 Å². The fraction of sp³-hybridized carbons (Fsp3) is 0.417. The number of thioether (sulfide) groups is 1. The standard InChI is InChI=1S/C12H13BrClNO4S/c13-12(14,11(16)17)5-2-6-20-8-9-3-1-4-10(7-9)15(18)19/h1,3-4,7H,2,5-6,8H2,(H,16,17). The Morgan fingerprint density at radius 2 is 2.25 bits per heavy atom. The predicted molar refractivity (Wildman–Crippen MR) is 83.6 cm³/mol. The van der Waals surface area contributed by atoms with Gasteiger partial charge < -0.3 is 5.11 Å². The summed E-state index contributed by atoms with van der Waals surface area (Å²) >= 11 is 10.3. The van der Waals surface area contributed by atoms with Crippen LogP contribution < -0.4 is 0 Å². The smallest absolute Gasteiger partial charge is 0.335 e. The first-order valence-corrected chi connectivity index (χ1v) is 8.08. The third-order valence-corrected chi connectivity index (χ3v) is 4.68. The average molecular weight is 383 g/mol. The Hall–Kier alpha value is -0.790. The number of nitro groups is 1. The quantitative estimate of drug-likeness (QED) is 0.318. The van der Waals surface area contributed by atoms with E-state index in [1.165, 1.54) is 6.07 Å². The van der Waals surface area contributed by atoms with Gasteiger partial charge in [0.05, 0.1) is 4.92 Å². The summed E-state index contributed by atoms with van der Waals surface area (Å²) in [5.74, 6) is 0.283. The highest BCUT2D eigenvalue weighted by molar-refractivity contribution is 9.10. The molecule has 0 aliphatic heterocycles. The summed E-state index contributed by atoms with van der Waals surface area (Å²) in [6, 6.07) is 6.47. The molecule has 0 bridgehead atoms. The van der Waals surface area contributed by atoms with Gasteiger partial charge in [-0.15, -0.1) is 0 Å². The minimum Gasteiger partial charge on any atom is -0.479 e. The molecule has 5 nitrogen and oxygen atoms in total. The van der Waals surface area contributed by atoms with E-state index >= 15 is 0 Å². The molecule has 1 atom stereocenters. The molecule has 0 aliphatic carbocycles. The number of hydrogen-bond acceptors (Lipinski definition) is 4. The molecule has 1 N–H and O–H groups in total. The number of benzene rings is 1. The van der Waals surface area contributed by atoms with Crippen molar-refractivity contribution in [2.75, 3.05) is 5.75 Å². The number of nitrogens with zero attached hydrogens (tertiary/aromatic N) is 1. The fourth-order valence-electron chi connectivity index (χ4n) is 1.45. The van der Waals surface area contributed by atoms with Crippen molar-refractivity contribution >= 4 is 50.9 Å². The van der Waals surface area contributed by atoms with E-state index in [2.05, 4.69) is 15.9 Å². The largest absolute Gasteiger partial charge is 0.479 e. The van der Waals surface area contributed by atoms with Crippen LogP contribution in [0.25, 0.3) is 0 Å². The van der Waals surface area contributed by atoms with Crippen LogP contribution in [-0.4, -0.2) is 25.5 Å². The van der Waals surface area contributed by atoms with Crippen LogP contribution in [0.3, 0.4) is 0 Å². The van der Waals surface area contributed by atoms with Gasteiger partial charge in [0.15, 0.2) is 3.78 Å². The number of carbonyl (C=O) groups is 1. The summed E-state index contributed by atoms with van der Waals surface area (Å²) < 4.78 is -1.40. The summed E-state index contributed by atoms with van der Waals surface area (Å²) in [6.45, 7) is 0. The number of nitro benzene ring substituents is 1. The zero-order valence-electron chi connectivity index (χ0n) is 10.4. The van der Waals surface area contributed by atoms with Gasteiger partial charge in [-0.2, -0.15) is 11.8 Å². The Kier molecular flexibility index (Phi) is 6.78. The second kappa shape index (κ2) is 7.85. The summed E-state index contributed by atoms with van der Waals surface area (Å²) in [4.78, 5) is 21.0. The van der Waals surface area contributed by atoms with Crippen LogP contribution in [0.15, 0.2) is 24.3 Å². The number of halogens is 2. The molecule has 0 fully saturated rings. The number of carboxylic acid groups (broad SMARTS) is 1. The summed E-state index contributed by atoms with van der Waals surface area (Å²) in [7, 11) is 0. The molecule has 8 heteroatoms. The molecule has 1 unspecified atom stereocenters. The van der Waals surface area contributed by atoms with Crippen LogP contribution in [-0.2, 0) is 10.5 Å². The number of alkyl halides is 2. The Morgan fingerprint density at radius 3 is 2.85 bits per heavy atom. The van der Waals surface area contributed by atoms with Gasteiger partial charge in [-0.3, -0.25) is 10.1 Å². The topological polar surface area (TPSA) is 80.4 Å². The fourth-order valence-corrected chi connectivity index (χ4v) is 2.78. The lowest BCUT2D eigenvalue weighted by Crippen LogP contribution is -2.24. The molecule has 0 saturated carbocycles. The number of aliphatic carboxylic acids is 1. The number of carboxylic acids is 1. The zero-order chi connectivity index (χ0) is 15.2. The van der Waals surface area contributed by atoms with E-state index in [-0.39, 0.29) is 5.69 Å². The number of non-ortho nitro benzene ring substituents is 1. The van der Waals surface area contributed by atoms with Gasteiger partial charge in [-0.1, -0.05) is 39.7 Å². The monoisotopic (exact) mass is 381 g/mol. The van der Waals surface area contributed by atoms with Crippen LogP contribution in [0.1, 0.15) is 18.4 Å². The van der Waals surface area contributed by atoms with Crippen molar-refractivity contribution in [3.63, 3.8) is 0 Å². The SMILES string of the molecule is O=C(O)C(Cl)(Br)CCCSCc1cccc([N+](=O)[O-])c1. The van der Waals surface area contributed by atoms with Crippen molar-refractivity contribution in [1.82, 2.24) is 0 Å². The maximum absolute atomic E-state index is 10.8. The van der Waals surface area contributed by atoms with Crippen molar-refractivity contribution in [1.29, 1.82) is 0 Å². The lowest BCUT2D eigenvalue weighted by molar-refractivity contribution is -0.384. The van der Waals surface area contributed by atoms with E-state index < -0.39 is 14.7 Å². The molecule has 20 heavy (non-hydrogen) atoms. The molecule has 0 amide bonds. The summed E-state index contributed by atoms with van der Waals surface area (Å²) in [5, 5.41) is 19.4. The number of rotatable bonds is 8. The molecule has 0 heterocycles. The van der Waals surface area contributed by atoms with Gasteiger partial charge >= 0.3 is 5.97 Å². The minimum absolute atomic E-state index is 0.0780. The first-order chi connectivity index (χ1) is 9.33. The lowest BCUT2D eigenvalue weighted by atomic mass is 10.2. The van der Waals surface area contributed by atoms with Gasteiger partial charge in [0.2, 0.25) is 0 Å². The molecule has 1 aromatic carbocycles. The summed E-state index contributed by atoms with van der Waals surface area (Å²) in [6.07, 6.45) is 0.951. The molecule has 0 radical (unpaired) electrons. The maximum atomic E-state index is 10.8. The predicted octanol–water partition coefficient (Wildman–Crippen LogP) is 4.02. The van der Waals surface area contributed by atoms with E-state index in [4.69, 9.17) is 16.7 Å². The van der Waals surface area contributed by atoms with E-state index in [0.29, 0.717) is 18.6 Å². The Labute approximate surface area is 134 Å². The zero-order valence-corrected chi connectivity index (χ0v) is 13.6. The van der Waals surface area contributed by atoms with Crippen LogP contribution in [0, 0.1) is 10.1 Å². The highest BCUT2D eigenvalue weighted by Crippen LogP contribution is 2.30. The molecular weight excluding hydrogens is 370 g/mol. The summed E-state index contributed by atoms with van der Waals surface area (Å²) in [5.41, 5.74) is 0.952. The van der Waals surface area contributed by atoms with Crippen LogP contribution in [0.5, 0.6) is 0 Å². The molecule has 110 valence electrons. The Bertz CT molecular complexity index is 498. The van der Waals surface area contributed by atoms with Gasteiger partial charge in [0.1, 0.15) is 0 Å². The lowest BCUT2D eigenvalue weighted by Gasteiger charge is -2.13. The van der Waals surface area contributed by atoms with E-state index in [1.807, 2.05) is 6.07 Å². The van der Waals surface area contributed by atoms with E-state index in [1.54, 1.807) is 23.9 Å². The minimum atomic E-state index is -1.40. The second-order valence-electron chi connectivity index (χ2n) is 4.09. The van der Waals surface area contributed by atoms with Gasteiger partial charge in [-0.25, -0.2) is 4.79 Å². The molecule has 0 aromatic heterocycles. The normalized spacial score (nSPS) is 13.7. The molecule has 0 saturated heterocycles. The Morgan fingerprint density at radius 1 is 1.55 bits per heavy atom. The average Bonchev–Trinajstić information content (AvgIpc) is 2.38. The maximum Gasteiger partial charge on any atom is 0.335 e. The Balaban J connectivity index is 2.33. The van der Waals surface area contributed by atoms with Crippen LogP contribution in [0.4, 0.5) is 5.69 Å².